The molecule has 0 atom stereocenters. The van der Waals surface area contributed by atoms with Gasteiger partial charge in [0, 0.05) is 37.8 Å². The first kappa shape index (κ1) is 35.7. The fourth-order valence-electron chi connectivity index (χ4n) is 5.88. The number of rotatable bonds is 12. The topological polar surface area (TPSA) is 121 Å². The maximum Gasteiger partial charge on any atom is 0.262 e. The van der Waals surface area contributed by atoms with Crippen LogP contribution in [0.5, 0.6) is 34.5 Å². The van der Waals surface area contributed by atoms with E-state index in [2.05, 4.69) is 0 Å². The second kappa shape index (κ2) is 15.6. The third-order valence-corrected chi connectivity index (χ3v) is 8.14. The summed E-state index contributed by atoms with van der Waals surface area (Å²) in [7, 11) is 8.83. The first-order valence-corrected chi connectivity index (χ1v) is 15.9. The fourth-order valence-corrected chi connectivity index (χ4v) is 5.88. The van der Waals surface area contributed by atoms with E-state index in [4.69, 9.17) is 28.4 Å². The summed E-state index contributed by atoms with van der Waals surface area (Å²) >= 11 is 0. The van der Waals surface area contributed by atoms with Crippen molar-refractivity contribution in [2.24, 2.45) is 0 Å². The molecule has 12 nitrogen and oxygen atoms in total. The molecule has 0 unspecified atom stereocenters. The van der Waals surface area contributed by atoms with E-state index in [0.29, 0.717) is 72.7 Å². The Kier molecular flexibility index (Phi) is 11.6. The van der Waals surface area contributed by atoms with Gasteiger partial charge in [-0.1, -0.05) is 20.8 Å². The van der Waals surface area contributed by atoms with Gasteiger partial charge in [-0.05, 0) is 37.5 Å². The summed E-state index contributed by atoms with van der Waals surface area (Å²) in [4.78, 5) is 43.4. The van der Waals surface area contributed by atoms with Crippen molar-refractivity contribution >= 4 is 32.7 Å². The average molecular weight is 664 g/mol. The highest BCUT2D eigenvalue weighted by atomic mass is 16.5. The van der Waals surface area contributed by atoms with Crippen molar-refractivity contribution in [2.75, 3.05) is 42.7 Å². The predicted octanol–water partition coefficient (Wildman–Crippen LogP) is 5.60. The van der Waals surface area contributed by atoms with Crippen LogP contribution in [0.3, 0.4) is 0 Å². The third-order valence-electron chi connectivity index (χ3n) is 8.14. The zero-order chi connectivity index (χ0) is 35.1. The Morgan fingerprint density at radius 2 is 0.625 bits per heavy atom. The second-order valence-electron chi connectivity index (χ2n) is 11.0. The molecule has 3 aromatic carbocycles. The lowest BCUT2D eigenvalue weighted by Crippen LogP contribution is -2.22. The molecule has 7 aromatic rings. The molecule has 4 aromatic heterocycles. The molecule has 0 amide bonds. The lowest BCUT2D eigenvalue weighted by molar-refractivity contribution is 0.405. The minimum Gasteiger partial charge on any atom is -0.496 e. The highest BCUT2D eigenvalue weighted by molar-refractivity contribution is 5.81. The number of aryl methyl sites for hydroxylation is 3. The molecule has 0 aliphatic rings. The lowest BCUT2D eigenvalue weighted by atomic mass is 10.1. The molecular formula is C36H45N3O9. The van der Waals surface area contributed by atoms with Crippen molar-refractivity contribution < 1.29 is 28.4 Å². The highest BCUT2D eigenvalue weighted by Gasteiger charge is 2.18. The quantitative estimate of drug-likeness (QED) is 0.191. The van der Waals surface area contributed by atoms with Crippen LogP contribution in [-0.4, -0.2) is 56.4 Å². The van der Waals surface area contributed by atoms with Gasteiger partial charge in [-0.15, -0.1) is 0 Å². The summed E-state index contributed by atoms with van der Waals surface area (Å²) in [6, 6.07) is 9.62. The second-order valence-corrected chi connectivity index (χ2v) is 11.0. The maximum atomic E-state index is 14.5. The van der Waals surface area contributed by atoms with Crippen LogP contribution >= 0.6 is 0 Å². The summed E-state index contributed by atoms with van der Waals surface area (Å²) in [5.41, 5.74) is -0.00353. The number of aromatic nitrogens is 3. The molecule has 0 aliphatic carbocycles. The number of methoxy groups -OCH3 is 6. The standard InChI is InChI=1S/C36H45N3O9/c1-10-13-37-25-19-28(43-4)23(17-31(25)46-7)35(41)39(15-12-3)27-21-30(45-6)24(18-33(27)48-9)36(42)38(14-11-2)26-20-29(44-5)22(34(37)40)16-32(26)47-8/h16-21H,10-15H2,1-9H3. The van der Waals surface area contributed by atoms with Gasteiger partial charge in [-0.25, -0.2) is 0 Å². The molecule has 0 N–H and O–H groups in total. The van der Waals surface area contributed by atoms with E-state index in [1.807, 2.05) is 20.8 Å². The molecule has 7 rings (SSSR count). The van der Waals surface area contributed by atoms with Crippen molar-refractivity contribution in [1.29, 1.82) is 0 Å². The van der Waals surface area contributed by atoms with Gasteiger partial charge in [-0.3, -0.25) is 14.4 Å². The molecule has 6 bridgehead atoms. The Labute approximate surface area is 278 Å². The van der Waals surface area contributed by atoms with E-state index in [1.54, 1.807) is 50.1 Å². The zero-order valence-corrected chi connectivity index (χ0v) is 29.2. The molecular weight excluding hydrogens is 618 g/mol. The summed E-state index contributed by atoms with van der Waals surface area (Å²) in [6.45, 7) is 6.78. The Morgan fingerprint density at radius 1 is 0.396 bits per heavy atom. The number of hydrogen-bond donors (Lipinski definition) is 0. The Balaban J connectivity index is 2.58. The summed E-state index contributed by atoms with van der Waals surface area (Å²) in [5, 5.41) is 0.612. The van der Waals surface area contributed by atoms with E-state index >= 15 is 0 Å². The van der Waals surface area contributed by atoms with Crippen molar-refractivity contribution in [1.82, 2.24) is 13.7 Å². The van der Waals surface area contributed by atoms with Crippen LogP contribution < -0.4 is 45.1 Å². The molecule has 0 saturated heterocycles. The highest BCUT2D eigenvalue weighted by Crippen LogP contribution is 2.33. The Hall–Kier alpha value is -5.13. The SMILES string of the molecule is CCCn1c(=O)c2cc(OC)c(cc2OC)n(CCC)c(=O)c2cc(OC)c(cc2OC)n(CCC)c(=O)c2cc(OC)c1cc2OC. The molecule has 12 heteroatoms. The monoisotopic (exact) mass is 663 g/mol. The summed E-state index contributed by atoms with van der Waals surface area (Å²) < 4.78 is 39.4. The van der Waals surface area contributed by atoms with Gasteiger partial charge in [0.25, 0.3) is 16.7 Å². The van der Waals surface area contributed by atoms with Crippen LogP contribution in [0.2, 0.25) is 0 Å². The van der Waals surface area contributed by atoms with Crippen LogP contribution in [0.4, 0.5) is 0 Å². The van der Waals surface area contributed by atoms with Gasteiger partial charge in [0.1, 0.15) is 34.5 Å². The van der Waals surface area contributed by atoms with E-state index < -0.39 is 16.7 Å². The number of nitrogens with zero attached hydrogens (tertiary/aromatic N) is 3. The van der Waals surface area contributed by atoms with Crippen molar-refractivity contribution in [3.63, 3.8) is 0 Å². The minimum atomic E-state index is -0.402. The lowest BCUT2D eigenvalue weighted by Gasteiger charge is -2.16. The average Bonchev–Trinajstić information content (AvgIpc) is 3.12. The Bertz CT molecular complexity index is 1870. The van der Waals surface area contributed by atoms with Gasteiger partial charge < -0.3 is 42.1 Å². The summed E-state index contributed by atoms with van der Waals surface area (Å²) in [5.74, 6) is 1.58. The van der Waals surface area contributed by atoms with Crippen molar-refractivity contribution in [3.05, 3.63) is 67.5 Å². The van der Waals surface area contributed by atoms with Crippen LogP contribution in [0.15, 0.2) is 50.8 Å². The van der Waals surface area contributed by atoms with Gasteiger partial charge in [0.2, 0.25) is 0 Å². The van der Waals surface area contributed by atoms with E-state index in [1.165, 1.54) is 42.7 Å². The largest absolute Gasteiger partial charge is 0.496 e. The fraction of sp³-hybridized carbons (Fsp3) is 0.417. The van der Waals surface area contributed by atoms with E-state index in [-0.39, 0.29) is 33.4 Å². The van der Waals surface area contributed by atoms with Gasteiger partial charge >= 0.3 is 0 Å². The van der Waals surface area contributed by atoms with Crippen LogP contribution in [0, 0.1) is 0 Å². The van der Waals surface area contributed by atoms with Crippen LogP contribution in [-0.2, 0) is 19.6 Å². The van der Waals surface area contributed by atoms with Gasteiger partial charge in [0.15, 0.2) is 0 Å². The number of benzene rings is 3. The molecule has 0 aliphatic heterocycles. The normalized spacial score (nSPS) is 10.9. The first-order valence-electron chi connectivity index (χ1n) is 15.9. The minimum absolute atomic E-state index is 0.204. The zero-order valence-electron chi connectivity index (χ0n) is 29.2. The predicted molar refractivity (Wildman–Crippen MR) is 188 cm³/mol. The maximum absolute atomic E-state index is 14.5. The third kappa shape index (κ3) is 6.51. The van der Waals surface area contributed by atoms with Crippen LogP contribution in [0.25, 0.3) is 32.7 Å². The first-order chi connectivity index (χ1) is 23.2. The molecule has 0 radical (unpaired) electrons. The van der Waals surface area contributed by atoms with Gasteiger partial charge in [0.05, 0.1) is 75.4 Å². The number of ether oxygens (including phenoxy) is 6. The summed E-state index contributed by atoms with van der Waals surface area (Å²) in [6.07, 6.45) is 1.82. The number of fused-ring (bicyclic) bond motifs is 3. The molecule has 258 valence electrons. The smallest absolute Gasteiger partial charge is 0.262 e. The van der Waals surface area contributed by atoms with Crippen molar-refractivity contribution in [3.8, 4) is 34.5 Å². The van der Waals surface area contributed by atoms with Gasteiger partial charge in [-0.2, -0.15) is 0 Å². The molecule has 48 heavy (non-hydrogen) atoms. The van der Waals surface area contributed by atoms with Crippen molar-refractivity contribution in [2.45, 2.75) is 59.7 Å². The van der Waals surface area contributed by atoms with E-state index in [0.717, 1.165) is 0 Å². The number of hydrogen-bond acceptors (Lipinski definition) is 9. The Morgan fingerprint density at radius 3 is 0.812 bits per heavy atom. The molecule has 0 fully saturated rings. The van der Waals surface area contributed by atoms with Crippen LogP contribution in [0.1, 0.15) is 40.0 Å². The molecule has 0 saturated carbocycles. The molecule has 0 spiro atoms. The van der Waals surface area contributed by atoms with E-state index in [9.17, 15) is 14.4 Å². The molecule has 4 heterocycles.